The molecule has 1 atom stereocenters. The molecule has 3 aromatic carbocycles. The minimum absolute atomic E-state index is 0.102. The standard InChI is InChI=1S/C27H23BrN2O4/c1-3-22(25(31)29-19-15-13-18(28)14-16-19)34-27(33)24-23(17-9-5-4-6-10-17)20-11-7-8-12-21(20)26(32)30(24)2/h4-16,22H,3H2,1-2H3,(H,29,31). The van der Waals surface area contributed by atoms with Gasteiger partial charge in [0.1, 0.15) is 5.69 Å². The number of benzene rings is 3. The van der Waals surface area contributed by atoms with Crippen molar-refractivity contribution in [3.8, 4) is 11.1 Å². The summed E-state index contributed by atoms with van der Waals surface area (Å²) >= 11 is 3.36. The fourth-order valence-corrected chi connectivity index (χ4v) is 4.13. The topological polar surface area (TPSA) is 77.4 Å². The van der Waals surface area contributed by atoms with E-state index in [4.69, 9.17) is 4.74 Å². The van der Waals surface area contributed by atoms with Crippen molar-refractivity contribution >= 4 is 44.3 Å². The van der Waals surface area contributed by atoms with Crippen molar-refractivity contribution in [2.24, 2.45) is 7.05 Å². The lowest BCUT2D eigenvalue weighted by Gasteiger charge is -2.20. The molecule has 34 heavy (non-hydrogen) atoms. The molecule has 7 heteroatoms. The number of aromatic nitrogens is 1. The van der Waals surface area contributed by atoms with Gasteiger partial charge in [-0.1, -0.05) is 71.4 Å². The lowest BCUT2D eigenvalue weighted by atomic mass is 9.97. The maximum absolute atomic E-state index is 13.5. The Hall–Kier alpha value is -3.71. The molecule has 4 rings (SSSR count). The first-order valence-corrected chi connectivity index (χ1v) is 11.6. The van der Waals surface area contributed by atoms with Gasteiger partial charge < -0.3 is 14.6 Å². The van der Waals surface area contributed by atoms with Gasteiger partial charge in [0.2, 0.25) is 0 Å². The summed E-state index contributed by atoms with van der Waals surface area (Å²) in [6, 6.07) is 23.6. The molecule has 6 nitrogen and oxygen atoms in total. The van der Waals surface area contributed by atoms with Crippen LogP contribution in [-0.4, -0.2) is 22.5 Å². The molecule has 1 heterocycles. The lowest BCUT2D eigenvalue weighted by Crippen LogP contribution is -2.34. The summed E-state index contributed by atoms with van der Waals surface area (Å²) in [6.45, 7) is 1.76. The van der Waals surface area contributed by atoms with E-state index in [0.29, 0.717) is 22.0 Å². The number of halogens is 1. The van der Waals surface area contributed by atoms with Crippen molar-refractivity contribution in [1.82, 2.24) is 4.57 Å². The number of hydrogen-bond acceptors (Lipinski definition) is 4. The first-order chi connectivity index (χ1) is 16.4. The van der Waals surface area contributed by atoms with Crippen LogP contribution in [0.1, 0.15) is 23.8 Å². The Bertz CT molecular complexity index is 1410. The third-order valence-corrected chi connectivity index (χ3v) is 6.11. The van der Waals surface area contributed by atoms with Crippen LogP contribution >= 0.6 is 15.9 Å². The zero-order chi connectivity index (χ0) is 24.2. The largest absolute Gasteiger partial charge is 0.448 e. The third-order valence-electron chi connectivity index (χ3n) is 5.58. The van der Waals surface area contributed by atoms with Gasteiger partial charge in [-0.25, -0.2) is 4.79 Å². The number of esters is 1. The van der Waals surface area contributed by atoms with E-state index in [-0.39, 0.29) is 17.7 Å². The van der Waals surface area contributed by atoms with E-state index in [9.17, 15) is 14.4 Å². The third kappa shape index (κ3) is 4.65. The fourth-order valence-electron chi connectivity index (χ4n) is 3.86. The molecule has 0 aliphatic heterocycles. The van der Waals surface area contributed by atoms with Crippen molar-refractivity contribution in [3.63, 3.8) is 0 Å². The van der Waals surface area contributed by atoms with Crippen LogP contribution < -0.4 is 10.9 Å². The predicted molar refractivity (Wildman–Crippen MR) is 137 cm³/mol. The van der Waals surface area contributed by atoms with E-state index in [1.807, 2.05) is 42.5 Å². The Balaban J connectivity index is 1.74. The highest BCUT2D eigenvalue weighted by Gasteiger charge is 2.27. The van der Waals surface area contributed by atoms with Crippen LogP contribution in [0.5, 0.6) is 0 Å². The van der Waals surface area contributed by atoms with Gasteiger partial charge in [-0.05, 0) is 47.7 Å². The first kappa shape index (κ1) is 23.4. The summed E-state index contributed by atoms with van der Waals surface area (Å²) in [7, 11) is 1.54. The van der Waals surface area contributed by atoms with Gasteiger partial charge in [0.05, 0.1) is 0 Å². The second-order valence-corrected chi connectivity index (χ2v) is 8.71. The Labute approximate surface area is 205 Å². The number of amides is 1. The van der Waals surface area contributed by atoms with Crippen LogP contribution in [0.2, 0.25) is 0 Å². The van der Waals surface area contributed by atoms with Crippen molar-refractivity contribution < 1.29 is 14.3 Å². The fraction of sp³-hybridized carbons (Fsp3) is 0.148. The molecule has 1 unspecified atom stereocenters. The monoisotopic (exact) mass is 518 g/mol. The molecule has 1 N–H and O–H groups in total. The van der Waals surface area contributed by atoms with Crippen LogP contribution in [0.4, 0.5) is 5.69 Å². The minimum atomic E-state index is -1.03. The van der Waals surface area contributed by atoms with Crippen molar-refractivity contribution in [3.05, 3.63) is 99.4 Å². The molecule has 1 aromatic heterocycles. The summed E-state index contributed by atoms with van der Waals surface area (Å²) < 4.78 is 7.85. The van der Waals surface area contributed by atoms with Crippen molar-refractivity contribution in [2.75, 3.05) is 5.32 Å². The quantitative estimate of drug-likeness (QED) is 0.340. The second-order valence-electron chi connectivity index (χ2n) is 7.80. The number of rotatable bonds is 6. The number of pyridine rings is 1. The summed E-state index contributed by atoms with van der Waals surface area (Å²) in [5, 5.41) is 3.92. The summed E-state index contributed by atoms with van der Waals surface area (Å²) in [4.78, 5) is 39.4. The molecular formula is C27H23BrN2O4. The van der Waals surface area contributed by atoms with Crippen LogP contribution in [-0.2, 0) is 16.6 Å². The summed E-state index contributed by atoms with van der Waals surface area (Å²) in [5.41, 5.74) is 1.74. The highest BCUT2D eigenvalue weighted by Crippen LogP contribution is 2.31. The molecule has 4 aromatic rings. The Morgan fingerprint density at radius 1 is 0.941 bits per heavy atom. The SMILES string of the molecule is CCC(OC(=O)c1c(-c2ccccc2)c2ccccc2c(=O)n1C)C(=O)Nc1ccc(Br)cc1. The number of ether oxygens (including phenoxy) is 1. The summed E-state index contributed by atoms with van der Waals surface area (Å²) in [6.07, 6.45) is -0.752. The van der Waals surface area contributed by atoms with E-state index >= 15 is 0 Å². The van der Waals surface area contributed by atoms with Crippen molar-refractivity contribution in [1.29, 1.82) is 0 Å². The van der Waals surface area contributed by atoms with Crippen LogP contribution in [0.25, 0.3) is 21.9 Å². The van der Waals surface area contributed by atoms with Gasteiger partial charge in [0.25, 0.3) is 11.5 Å². The molecule has 0 radical (unpaired) electrons. The Morgan fingerprint density at radius 3 is 2.21 bits per heavy atom. The second kappa shape index (κ2) is 10.1. The van der Waals surface area contributed by atoms with Crippen LogP contribution in [0.15, 0.2) is 88.1 Å². The van der Waals surface area contributed by atoms with Gasteiger partial charge in [-0.3, -0.25) is 9.59 Å². The van der Waals surface area contributed by atoms with Crippen LogP contribution in [0.3, 0.4) is 0 Å². The number of nitrogens with one attached hydrogen (secondary N) is 1. The van der Waals surface area contributed by atoms with Crippen molar-refractivity contribution in [2.45, 2.75) is 19.4 Å². The predicted octanol–water partition coefficient (Wildman–Crippen LogP) is 5.54. The lowest BCUT2D eigenvalue weighted by molar-refractivity contribution is -0.124. The molecule has 172 valence electrons. The molecule has 0 spiro atoms. The minimum Gasteiger partial charge on any atom is -0.448 e. The molecular weight excluding hydrogens is 496 g/mol. The molecule has 0 aliphatic rings. The number of carbonyl (C=O) groups excluding carboxylic acids is 2. The normalized spacial score (nSPS) is 11.7. The highest BCUT2D eigenvalue weighted by molar-refractivity contribution is 9.10. The molecule has 1 amide bonds. The van der Waals surface area contributed by atoms with Gasteiger partial charge in [0.15, 0.2) is 6.10 Å². The summed E-state index contributed by atoms with van der Waals surface area (Å²) in [5.74, 6) is -1.17. The molecule has 0 fully saturated rings. The maximum atomic E-state index is 13.5. The van der Waals surface area contributed by atoms with Gasteiger partial charge in [-0.15, -0.1) is 0 Å². The van der Waals surface area contributed by atoms with Gasteiger partial charge >= 0.3 is 5.97 Å². The Morgan fingerprint density at radius 2 is 1.56 bits per heavy atom. The van der Waals surface area contributed by atoms with E-state index < -0.39 is 18.0 Å². The highest BCUT2D eigenvalue weighted by atomic mass is 79.9. The molecule has 0 saturated carbocycles. The van der Waals surface area contributed by atoms with E-state index in [0.717, 1.165) is 10.0 Å². The number of anilines is 1. The number of carbonyl (C=O) groups is 2. The van der Waals surface area contributed by atoms with Crippen LogP contribution in [0, 0.1) is 0 Å². The number of nitrogens with zero attached hydrogens (tertiary/aromatic N) is 1. The number of hydrogen-bond donors (Lipinski definition) is 1. The zero-order valence-electron chi connectivity index (χ0n) is 18.7. The molecule has 0 aliphatic carbocycles. The maximum Gasteiger partial charge on any atom is 0.356 e. The first-order valence-electron chi connectivity index (χ1n) is 10.8. The van der Waals surface area contributed by atoms with E-state index in [1.165, 1.54) is 4.57 Å². The molecule has 0 saturated heterocycles. The average molecular weight is 519 g/mol. The van der Waals surface area contributed by atoms with Gasteiger partial charge in [-0.2, -0.15) is 0 Å². The average Bonchev–Trinajstić information content (AvgIpc) is 2.86. The smallest absolute Gasteiger partial charge is 0.356 e. The van der Waals surface area contributed by atoms with E-state index in [2.05, 4.69) is 21.2 Å². The van der Waals surface area contributed by atoms with E-state index in [1.54, 1.807) is 50.4 Å². The number of fused-ring (bicyclic) bond motifs is 1. The van der Waals surface area contributed by atoms with Gasteiger partial charge in [0, 0.05) is 28.2 Å². The Kier molecular flexibility index (Phi) is 6.93. The zero-order valence-corrected chi connectivity index (χ0v) is 20.3. The molecule has 0 bridgehead atoms.